The molecule has 0 aromatic carbocycles. The van der Waals surface area contributed by atoms with Crippen molar-refractivity contribution >= 4 is 28.8 Å². The summed E-state index contributed by atoms with van der Waals surface area (Å²) in [5.41, 5.74) is 2.24. The Morgan fingerprint density at radius 2 is 1.68 bits per heavy atom. The van der Waals surface area contributed by atoms with E-state index in [-0.39, 0.29) is 11.2 Å². The topological polar surface area (TPSA) is 30.8 Å². The van der Waals surface area contributed by atoms with Gasteiger partial charge in [-0.15, -0.1) is 0 Å². The molecule has 0 amide bonds. The molecule has 0 spiro atoms. The molecular weight excluding hydrogens is 305 g/mol. The van der Waals surface area contributed by atoms with E-state index in [9.17, 15) is 0 Å². The highest BCUT2D eigenvalue weighted by Gasteiger charge is 2.53. The number of allylic oxidation sites excluding steroid dienone is 5. The second-order valence-electron chi connectivity index (χ2n) is 5.97. The van der Waals surface area contributed by atoms with Crippen molar-refractivity contribution in [2.24, 2.45) is 4.99 Å². The van der Waals surface area contributed by atoms with Gasteiger partial charge in [0.2, 0.25) is 0 Å². The second kappa shape index (κ2) is 4.17. The van der Waals surface area contributed by atoms with Crippen molar-refractivity contribution in [2.45, 2.75) is 38.9 Å². The second-order valence-corrected chi connectivity index (χ2v) is 6.89. The summed E-state index contributed by atoms with van der Waals surface area (Å²) in [6.07, 6.45) is 8.07. The molecule has 2 aliphatic heterocycles. The summed E-state index contributed by atoms with van der Waals surface area (Å²) in [7, 11) is -0.392. The van der Waals surface area contributed by atoms with E-state index < -0.39 is 7.12 Å². The van der Waals surface area contributed by atoms with Crippen LogP contribution < -0.4 is 0 Å². The lowest BCUT2D eigenvalue weighted by Crippen LogP contribution is -2.41. The van der Waals surface area contributed by atoms with E-state index >= 15 is 0 Å². The summed E-state index contributed by atoms with van der Waals surface area (Å²) in [5, 5.41) is 0. The lowest BCUT2D eigenvalue weighted by molar-refractivity contribution is 0.00578. The molecule has 1 saturated heterocycles. The Bertz CT molecular complexity index is 530. The maximum Gasteiger partial charge on any atom is 0.514 e. The van der Waals surface area contributed by atoms with Gasteiger partial charge in [-0.05, 0) is 45.4 Å². The van der Waals surface area contributed by atoms with Crippen molar-refractivity contribution < 1.29 is 9.31 Å². The Morgan fingerprint density at radius 1 is 1.05 bits per heavy atom. The van der Waals surface area contributed by atoms with Crippen molar-refractivity contribution in [1.82, 2.24) is 0 Å². The highest BCUT2D eigenvalue weighted by atomic mass is 79.9. The van der Waals surface area contributed by atoms with Crippen LogP contribution in [0.15, 0.2) is 40.5 Å². The van der Waals surface area contributed by atoms with Crippen molar-refractivity contribution in [3.05, 3.63) is 40.3 Å². The van der Waals surface area contributed by atoms with Crippen LogP contribution in [0.3, 0.4) is 0 Å². The first-order chi connectivity index (χ1) is 8.78. The summed E-state index contributed by atoms with van der Waals surface area (Å²) in [6.45, 7) is 8.19. The Labute approximate surface area is 122 Å². The third-order valence-electron chi connectivity index (χ3n) is 4.04. The van der Waals surface area contributed by atoms with Crippen LogP contribution in [-0.4, -0.2) is 24.0 Å². The lowest BCUT2D eigenvalue weighted by atomic mass is 9.84. The van der Waals surface area contributed by atoms with Crippen LogP contribution in [0.2, 0.25) is 0 Å². The van der Waals surface area contributed by atoms with Crippen LogP contribution in [0.1, 0.15) is 27.7 Å². The molecular formula is C14H16BBrNO2. The van der Waals surface area contributed by atoms with Crippen molar-refractivity contribution in [3.8, 4) is 0 Å². The molecule has 0 N–H and O–H groups in total. The summed E-state index contributed by atoms with van der Waals surface area (Å²) < 4.78 is 12.0. The molecule has 19 heavy (non-hydrogen) atoms. The van der Waals surface area contributed by atoms with E-state index in [1.165, 1.54) is 0 Å². The number of fused-ring (bicyclic) bond motifs is 1. The monoisotopic (exact) mass is 320 g/mol. The summed E-state index contributed by atoms with van der Waals surface area (Å²) >= 11 is 3.47. The third kappa shape index (κ3) is 2.18. The predicted octanol–water partition coefficient (Wildman–Crippen LogP) is 3.38. The quantitative estimate of drug-likeness (QED) is 0.693. The van der Waals surface area contributed by atoms with E-state index in [0.717, 1.165) is 21.7 Å². The average Bonchev–Trinajstić information content (AvgIpc) is 2.78. The van der Waals surface area contributed by atoms with E-state index in [1.807, 2.05) is 45.9 Å². The molecule has 3 rings (SSSR count). The molecule has 0 aromatic heterocycles. The fourth-order valence-corrected chi connectivity index (χ4v) is 2.54. The SMILES string of the molecule is CC1(C)OB(C2=CC3=C[C](Br)C=CC3=N2)OC1(C)C. The number of hydrogen-bond donors (Lipinski definition) is 0. The smallest absolute Gasteiger partial charge is 0.398 e. The van der Waals surface area contributed by atoms with Gasteiger partial charge in [0.25, 0.3) is 0 Å². The van der Waals surface area contributed by atoms with Gasteiger partial charge in [0.15, 0.2) is 0 Å². The van der Waals surface area contributed by atoms with Gasteiger partial charge in [0.05, 0.1) is 27.3 Å². The van der Waals surface area contributed by atoms with Gasteiger partial charge < -0.3 is 9.31 Å². The largest absolute Gasteiger partial charge is 0.514 e. The molecule has 0 aromatic rings. The van der Waals surface area contributed by atoms with Gasteiger partial charge in [0, 0.05) is 0 Å². The Hall–Kier alpha value is -0.645. The molecule has 0 bridgehead atoms. The van der Waals surface area contributed by atoms with Gasteiger partial charge in [-0.3, -0.25) is 4.99 Å². The van der Waals surface area contributed by atoms with E-state index in [1.54, 1.807) is 0 Å². The minimum Gasteiger partial charge on any atom is -0.398 e. The minimum atomic E-state index is -0.392. The molecule has 1 radical (unpaired) electrons. The molecule has 2 heterocycles. The van der Waals surface area contributed by atoms with Gasteiger partial charge in [-0.25, -0.2) is 0 Å². The zero-order valence-corrected chi connectivity index (χ0v) is 13.1. The first kappa shape index (κ1) is 13.3. The van der Waals surface area contributed by atoms with E-state index in [4.69, 9.17) is 9.31 Å². The predicted molar refractivity (Wildman–Crippen MR) is 81.0 cm³/mol. The molecule has 0 unspecified atom stereocenters. The van der Waals surface area contributed by atoms with Crippen LogP contribution in [0.5, 0.6) is 0 Å². The summed E-state index contributed by atoms with van der Waals surface area (Å²) in [5.74, 6) is 0. The highest BCUT2D eigenvalue weighted by Crippen LogP contribution is 2.40. The van der Waals surface area contributed by atoms with Crippen molar-refractivity contribution in [2.75, 3.05) is 0 Å². The molecule has 5 heteroatoms. The Kier molecular flexibility index (Phi) is 2.93. The zero-order chi connectivity index (χ0) is 13.8. The maximum atomic E-state index is 6.01. The molecule has 99 valence electrons. The normalized spacial score (nSPS) is 28.1. The van der Waals surface area contributed by atoms with Crippen LogP contribution >= 0.6 is 15.9 Å². The molecule has 1 aliphatic carbocycles. The molecule has 1 fully saturated rings. The van der Waals surface area contributed by atoms with Crippen LogP contribution in [0, 0.1) is 4.83 Å². The number of rotatable bonds is 1. The van der Waals surface area contributed by atoms with Crippen LogP contribution in [0.25, 0.3) is 0 Å². The summed E-state index contributed by atoms with van der Waals surface area (Å²) in [4.78, 5) is 5.65. The molecule has 0 saturated carbocycles. The lowest BCUT2D eigenvalue weighted by Gasteiger charge is -2.32. The number of nitrogens with zero attached hydrogens (tertiary/aromatic N) is 1. The van der Waals surface area contributed by atoms with Gasteiger partial charge in [-0.2, -0.15) is 0 Å². The molecule has 3 nitrogen and oxygen atoms in total. The first-order valence-corrected chi connectivity index (χ1v) is 7.16. The fourth-order valence-electron chi connectivity index (χ4n) is 2.16. The van der Waals surface area contributed by atoms with Crippen molar-refractivity contribution in [1.29, 1.82) is 0 Å². The van der Waals surface area contributed by atoms with E-state index in [0.29, 0.717) is 0 Å². The Balaban J connectivity index is 1.87. The third-order valence-corrected chi connectivity index (χ3v) is 4.53. The van der Waals surface area contributed by atoms with Crippen molar-refractivity contribution in [3.63, 3.8) is 0 Å². The number of aliphatic imine (C=N–C) groups is 1. The maximum absolute atomic E-state index is 6.01. The van der Waals surface area contributed by atoms with Gasteiger partial charge in [-0.1, -0.05) is 28.1 Å². The average molecular weight is 321 g/mol. The zero-order valence-electron chi connectivity index (χ0n) is 11.5. The number of hydrogen-bond acceptors (Lipinski definition) is 3. The van der Waals surface area contributed by atoms with Gasteiger partial charge >= 0.3 is 7.12 Å². The summed E-state index contributed by atoms with van der Waals surface area (Å²) in [6, 6.07) is 0. The van der Waals surface area contributed by atoms with Crippen LogP contribution in [-0.2, 0) is 9.31 Å². The highest BCUT2D eigenvalue weighted by molar-refractivity contribution is 9.11. The minimum absolute atomic E-state index is 0.330. The number of halogens is 1. The van der Waals surface area contributed by atoms with Crippen LogP contribution in [0.4, 0.5) is 0 Å². The van der Waals surface area contributed by atoms with E-state index in [2.05, 4.69) is 27.0 Å². The Morgan fingerprint density at radius 3 is 2.32 bits per heavy atom. The fraction of sp³-hybridized carbons (Fsp3) is 0.429. The standard InChI is InChI=1S/C14H16BBrNO2/c1-13(2)14(3,4)19-15(18-13)12-8-9-7-10(16)5-6-11(9)17-12/h5-8H,1-4H3. The first-order valence-electron chi connectivity index (χ1n) is 6.37. The molecule has 0 atom stereocenters. The van der Waals surface area contributed by atoms with Gasteiger partial charge in [0.1, 0.15) is 0 Å². The molecule has 3 aliphatic rings.